The van der Waals surface area contributed by atoms with E-state index in [0.29, 0.717) is 10.7 Å². The number of carbonyl (C=O) groups excluding carboxylic acids is 1. The first-order valence-electron chi connectivity index (χ1n) is 5.18. The highest BCUT2D eigenvalue weighted by molar-refractivity contribution is 6.32. The standard InChI is InChI=1S/C11H13ClN4O/c1-7-11(12)9(16(3)14-7)4-10(17)8-5-15(2)6-13-8/h5-6H,4H2,1-3H3. The summed E-state index contributed by atoms with van der Waals surface area (Å²) in [5.74, 6) is -0.0597. The summed E-state index contributed by atoms with van der Waals surface area (Å²) in [5.41, 5.74) is 1.90. The normalized spacial score (nSPS) is 10.8. The SMILES string of the molecule is Cc1nn(C)c(CC(=O)c2cn(C)cn2)c1Cl. The first kappa shape index (κ1) is 11.9. The smallest absolute Gasteiger partial charge is 0.188 e. The molecular formula is C11H13ClN4O. The van der Waals surface area contributed by atoms with Crippen LogP contribution in [0.25, 0.3) is 0 Å². The first-order chi connectivity index (χ1) is 7.99. The lowest BCUT2D eigenvalue weighted by atomic mass is 10.1. The third-order valence-corrected chi connectivity index (χ3v) is 3.07. The summed E-state index contributed by atoms with van der Waals surface area (Å²) in [5, 5.41) is 4.72. The molecule has 90 valence electrons. The fourth-order valence-corrected chi connectivity index (χ4v) is 1.90. The molecule has 0 saturated carbocycles. The Morgan fingerprint density at radius 1 is 1.47 bits per heavy atom. The highest BCUT2D eigenvalue weighted by atomic mass is 35.5. The zero-order valence-corrected chi connectivity index (χ0v) is 10.7. The van der Waals surface area contributed by atoms with Crippen molar-refractivity contribution in [1.82, 2.24) is 19.3 Å². The molecule has 6 heteroatoms. The molecule has 2 rings (SSSR count). The van der Waals surface area contributed by atoms with Crippen molar-refractivity contribution in [3.05, 3.63) is 34.6 Å². The van der Waals surface area contributed by atoms with Crippen LogP contribution in [0.2, 0.25) is 5.02 Å². The number of nitrogens with zero attached hydrogens (tertiary/aromatic N) is 4. The number of aryl methyl sites for hydroxylation is 3. The second-order valence-corrected chi connectivity index (χ2v) is 4.37. The monoisotopic (exact) mass is 252 g/mol. The summed E-state index contributed by atoms with van der Waals surface area (Å²) in [6.07, 6.45) is 3.51. The summed E-state index contributed by atoms with van der Waals surface area (Å²) in [7, 11) is 3.60. The van der Waals surface area contributed by atoms with Gasteiger partial charge >= 0.3 is 0 Å². The summed E-state index contributed by atoms with van der Waals surface area (Å²) >= 11 is 6.09. The molecule has 0 spiro atoms. The Morgan fingerprint density at radius 2 is 2.18 bits per heavy atom. The molecule has 0 amide bonds. The molecule has 17 heavy (non-hydrogen) atoms. The van der Waals surface area contributed by atoms with Gasteiger partial charge in [-0.2, -0.15) is 5.10 Å². The van der Waals surface area contributed by atoms with Crippen molar-refractivity contribution in [1.29, 1.82) is 0 Å². The van der Waals surface area contributed by atoms with E-state index in [-0.39, 0.29) is 12.2 Å². The van der Waals surface area contributed by atoms with E-state index in [1.54, 1.807) is 28.8 Å². The molecule has 0 aliphatic heterocycles. The van der Waals surface area contributed by atoms with E-state index in [9.17, 15) is 4.79 Å². The van der Waals surface area contributed by atoms with Crippen LogP contribution in [-0.2, 0) is 20.5 Å². The summed E-state index contributed by atoms with van der Waals surface area (Å²) in [6, 6.07) is 0. The third-order valence-electron chi connectivity index (χ3n) is 2.58. The Labute approximate surface area is 104 Å². The second-order valence-electron chi connectivity index (χ2n) is 3.99. The third kappa shape index (κ3) is 2.24. The van der Waals surface area contributed by atoms with Gasteiger partial charge < -0.3 is 4.57 Å². The lowest BCUT2D eigenvalue weighted by Gasteiger charge is -2.00. The van der Waals surface area contributed by atoms with Gasteiger partial charge in [-0.1, -0.05) is 11.6 Å². The largest absolute Gasteiger partial charge is 0.340 e. The maximum atomic E-state index is 12.0. The summed E-state index contributed by atoms with van der Waals surface area (Å²) in [6.45, 7) is 1.82. The van der Waals surface area contributed by atoms with Gasteiger partial charge in [-0.15, -0.1) is 0 Å². The number of halogens is 1. The molecule has 2 heterocycles. The average Bonchev–Trinajstić information content (AvgIpc) is 2.79. The minimum Gasteiger partial charge on any atom is -0.340 e. The second kappa shape index (κ2) is 4.33. The highest BCUT2D eigenvalue weighted by Crippen LogP contribution is 2.20. The van der Waals surface area contributed by atoms with E-state index in [1.807, 2.05) is 14.0 Å². The fraction of sp³-hybridized carbons (Fsp3) is 0.364. The molecule has 5 nitrogen and oxygen atoms in total. The predicted octanol–water partition coefficient (Wildman–Crippen LogP) is 1.54. The van der Waals surface area contributed by atoms with Crippen molar-refractivity contribution in [2.75, 3.05) is 0 Å². The molecule has 0 unspecified atom stereocenters. The Kier molecular flexibility index (Phi) is 3.02. The van der Waals surface area contributed by atoms with Crippen LogP contribution in [0.15, 0.2) is 12.5 Å². The topological polar surface area (TPSA) is 52.7 Å². The van der Waals surface area contributed by atoms with Crippen molar-refractivity contribution in [3.63, 3.8) is 0 Å². The molecule has 0 saturated heterocycles. The molecule has 0 aliphatic rings. The Hall–Kier alpha value is -1.62. The van der Waals surface area contributed by atoms with Gasteiger partial charge in [0.1, 0.15) is 5.69 Å². The molecule has 0 radical (unpaired) electrons. The Morgan fingerprint density at radius 3 is 2.65 bits per heavy atom. The molecule has 0 aliphatic carbocycles. The molecule has 0 atom stereocenters. The van der Waals surface area contributed by atoms with Crippen molar-refractivity contribution < 1.29 is 4.79 Å². The van der Waals surface area contributed by atoms with E-state index in [2.05, 4.69) is 10.1 Å². The van der Waals surface area contributed by atoms with Crippen LogP contribution in [0.5, 0.6) is 0 Å². The van der Waals surface area contributed by atoms with Crippen LogP contribution in [-0.4, -0.2) is 25.1 Å². The van der Waals surface area contributed by atoms with E-state index >= 15 is 0 Å². The lowest BCUT2D eigenvalue weighted by molar-refractivity contribution is 0.0986. The van der Waals surface area contributed by atoms with E-state index in [0.717, 1.165) is 11.4 Å². The minimum absolute atomic E-state index is 0.0597. The van der Waals surface area contributed by atoms with Crippen LogP contribution in [0.3, 0.4) is 0 Å². The molecule has 0 N–H and O–H groups in total. The van der Waals surface area contributed by atoms with Gasteiger partial charge in [-0.25, -0.2) is 4.98 Å². The van der Waals surface area contributed by atoms with Gasteiger partial charge in [-0.05, 0) is 6.92 Å². The number of imidazole rings is 1. The highest BCUT2D eigenvalue weighted by Gasteiger charge is 2.17. The number of Topliss-reactive ketones (excluding diaryl/α,β-unsaturated/α-hetero) is 1. The quantitative estimate of drug-likeness (QED) is 0.779. The number of hydrogen-bond donors (Lipinski definition) is 0. The summed E-state index contributed by atoms with van der Waals surface area (Å²) in [4.78, 5) is 16.0. The van der Waals surface area contributed by atoms with Crippen LogP contribution in [0, 0.1) is 6.92 Å². The predicted molar refractivity (Wildman–Crippen MR) is 64.2 cm³/mol. The van der Waals surface area contributed by atoms with Crippen LogP contribution in [0.1, 0.15) is 21.9 Å². The van der Waals surface area contributed by atoms with Gasteiger partial charge in [0.25, 0.3) is 0 Å². The number of rotatable bonds is 3. The van der Waals surface area contributed by atoms with Gasteiger partial charge in [0.05, 0.1) is 29.2 Å². The van der Waals surface area contributed by atoms with Crippen molar-refractivity contribution in [3.8, 4) is 0 Å². The molecular weight excluding hydrogens is 240 g/mol. The first-order valence-corrected chi connectivity index (χ1v) is 5.56. The molecule has 2 aromatic heterocycles. The number of hydrogen-bond acceptors (Lipinski definition) is 3. The van der Waals surface area contributed by atoms with E-state index in [4.69, 9.17) is 11.6 Å². The Bertz CT molecular complexity index is 570. The van der Waals surface area contributed by atoms with Gasteiger partial charge in [0.2, 0.25) is 0 Å². The maximum absolute atomic E-state index is 12.0. The molecule has 0 aromatic carbocycles. The van der Waals surface area contributed by atoms with E-state index in [1.165, 1.54) is 0 Å². The number of ketones is 1. The molecule has 0 fully saturated rings. The maximum Gasteiger partial charge on any atom is 0.188 e. The Balaban J connectivity index is 2.24. The number of aromatic nitrogens is 4. The zero-order valence-electron chi connectivity index (χ0n) is 9.94. The lowest BCUT2D eigenvalue weighted by Crippen LogP contribution is -2.08. The van der Waals surface area contributed by atoms with Crippen LogP contribution < -0.4 is 0 Å². The molecule has 0 bridgehead atoms. The van der Waals surface area contributed by atoms with Gasteiger partial charge in [0.15, 0.2) is 5.78 Å². The molecule has 2 aromatic rings. The van der Waals surface area contributed by atoms with Gasteiger partial charge in [0, 0.05) is 20.3 Å². The fourth-order valence-electron chi connectivity index (χ4n) is 1.67. The van der Waals surface area contributed by atoms with Crippen LogP contribution >= 0.6 is 11.6 Å². The van der Waals surface area contributed by atoms with E-state index < -0.39 is 0 Å². The van der Waals surface area contributed by atoms with Crippen molar-refractivity contribution in [2.45, 2.75) is 13.3 Å². The van der Waals surface area contributed by atoms with Crippen molar-refractivity contribution >= 4 is 17.4 Å². The van der Waals surface area contributed by atoms with Crippen molar-refractivity contribution in [2.24, 2.45) is 14.1 Å². The minimum atomic E-state index is -0.0597. The number of carbonyl (C=O) groups is 1. The van der Waals surface area contributed by atoms with Crippen LogP contribution in [0.4, 0.5) is 0 Å². The zero-order chi connectivity index (χ0) is 12.6. The average molecular weight is 253 g/mol. The summed E-state index contributed by atoms with van der Waals surface area (Å²) < 4.78 is 3.38. The van der Waals surface area contributed by atoms with Gasteiger partial charge in [-0.3, -0.25) is 9.48 Å².